The predicted molar refractivity (Wildman–Crippen MR) is 87.0 cm³/mol. The predicted octanol–water partition coefficient (Wildman–Crippen LogP) is 3.19. The lowest BCUT2D eigenvalue weighted by molar-refractivity contribution is 0.271. The Balaban J connectivity index is 1.89. The Morgan fingerprint density at radius 2 is 2.29 bits per heavy atom. The summed E-state index contributed by atoms with van der Waals surface area (Å²) in [6, 6.07) is 9.11. The number of nitrogens with one attached hydrogen (secondary N) is 2. The van der Waals surface area contributed by atoms with Gasteiger partial charge in [-0.3, -0.25) is 0 Å². The zero-order valence-electron chi connectivity index (χ0n) is 12.7. The Bertz CT molecular complexity index is 601. The number of nitrogens with zero attached hydrogens (tertiary/aromatic N) is 1. The fourth-order valence-corrected chi connectivity index (χ4v) is 2.82. The highest BCUT2D eigenvalue weighted by molar-refractivity contribution is 5.97. The summed E-state index contributed by atoms with van der Waals surface area (Å²) in [4.78, 5) is 4.45. The highest BCUT2D eigenvalue weighted by atomic mass is 16.5. The summed E-state index contributed by atoms with van der Waals surface area (Å²) in [6.07, 6.45) is 4.23. The van der Waals surface area contributed by atoms with Crippen molar-refractivity contribution in [2.45, 2.75) is 38.8 Å². The van der Waals surface area contributed by atoms with E-state index in [-0.39, 0.29) is 0 Å². The number of anilines is 1. The van der Waals surface area contributed by atoms with Crippen LogP contribution in [-0.4, -0.2) is 30.2 Å². The first-order valence-electron chi connectivity index (χ1n) is 7.74. The molecule has 0 amide bonds. The van der Waals surface area contributed by atoms with E-state index in [4.69, 9.17) is 4.74 Å². The number of rotatable bonds is 5. The first-order chi connectivity index (χ1) is 10.2. The maximum atomic E-state index is 6.01. The lowest BCUT2D eigenvalue weighted by atomic mass is 10.1. The summed E-state index contributed by atoms with van der Waals surface area (Å²) < 4.78 is 6.01. The van der Waals surface area contributed by atoms with Crippen LogP contribution in [0.25, 0.3) is 10.8 Å². The first kappa shape index (κ1) is 14.1. The molecule has 4 nitrogen and oxygen atoms in total. The number of ether oxygens (including phenoxy) is 1. The summed E-state index contributed by atoms with van der Waals surface area (Å²) in [5.41, 5.74) is 1.09. The van der Waals surface area contributed by atoms with Crippen molar-refractivity contribution in [2.75, 3.05) is 18.5 Å². The summed E-state index contributed by atoms with van der Waals surface area (Å²) in [5.74, 6) is 0.727. The van der Waals surface area contributed by atoms with Gasteiger partial charge in [0.2, 0.25) is 5.88 Å². The summed E-state index contributed by atoms with van der Waals surface area (Å²) >= 11 is 0. The van der Waals surface area contributed by atoms with Gasteiger partial charge in [0, 0.05) is 24.0 Å². The summed E-state index contributed by atoms with van der Waals surface area (Å²) in [7, 11) is 0. The van der Waals surface area contributed by atoms with E-state index in [1.54, 1.807) is 0 Å². The van der Waals surface area contributed by atoms with Gasteiger partial charge in [0.05, 0.1) is 5.39 Å². The molecule has 0 saturated carbocycles. The van der Waals surface area contributed by atoms with Crippen LogP contribution in [0.1, 0.15) is 26.7 Å². The molecule has 2 aromatic rings. The van der Waals surface area contributed by atoms with E-state index < -0.39 is 0 Å². The van der Waals surface area contributed by atoms with Crippen molar-refractivity contribution in [1.29, 1.82) is 0 Å². The number of pyridine rings is 1. The minimum Gasteiger partial charge on any atom is -0.476 e. The molecule has 1 atom stereocenters. The van der Waals surface area contributed by atoms with E-state index in [1.807, 2.05) is 12.3 Å². The molecular formula is C17H23N3O. The average Bonchev–Trinajstić information content (AvgIpc) is 2.98. The number of aromatic nitrogens is 1. The van der Waals surface area contributed by atoms with Crippen molar-refractivity contribution in [3.63, 3.8) is 0 Å². The van der Waals surface area contributed by atoms with Gasteiger partial charge in [0.1, 0.15) is 6.61 Å². The van der Waals surface area contributed by atoms with Crippen LogP contribution >= 0.6 is 0 Å². The van der Waals surface area contributed by atoms with Crippen LogP contribution < -0.4 is 15.4 Å². The highest BCUT2D eigenvalue weighted by Crippen LogP contribution is 2.31. The van der Waals surface area contributed by atoms with E-state index >= 15 is 0 Å². The Labute approximate surface area is 125 Å². The van der Waals surface area contributed by atoms with E-state index in [2.05, 4.69) is 47.7 Å². The third-order valence-corrected chi connectivity index (χ3v) is 3.78. The molecule has 0 bridgehead atoms. The molecule has 21 heavy (non-hydrogen) atoms. The number of benzene rings is 1. The van der Waals surface area contributed by atoms with Crippen LogP contribution in [0.15, 0.2) is 30.5 Å². The van der Waals surface area contributed by atoms with Crippen molar-refractivity contribution in [3.8, 4) is 5.88 Å². The van der Waals surface area contributed by atoms with Gasteiger partial charge in [-0.05, 0) is 50.8 Å². The molecule has 0 radical (unpaired) electrons. The van der Waals surface area contributed by atoms with E-state index in [0.717, 1.165) is 28.9 Å². The van der Waals surface area contributed by atoms with Gasteiger partial charge in [-0.25, -0.2) is 4.98 Å². The van der Waals surface area contributed by atoms with Gasteiger partial charge in [-0.2, -0.15) is 0 Å². The Kier molecular flexibility index (Phi) is 4.25. The molecule has 1 fully saturated rings. The van der Waals surface area contributed by atoms with Gasteiger partial charge in [0.25, 0.3) is 0 Å². The van der Waals surface area contributed by atoms with Crippen LogP contribution in [0.2, 0.25) is 0 Å². The van der Waals surface area contributed by atoms with Crippen LogP contribution in [0, 0.1) is 0 Å². The van der Waals surface area contributed by atoms with Crippen LogP contribution in [0.5, 0.6) is 5.88 Å². The highest BCUT2D eigenvalue weighted by Gasteiger charge is 2.16. The van der Waals surface area contributed by atoms with Crippen LogP contribution in [-0.2, 0) is 0 Å². The zero-order chi connectivity index (χ0) is 14.7. The van der Waals surface area contributed by atoms with Crippen molar-refractivity contribution in [3.05, 3.63) is 30.5 Å². The van der Waals surface area contributed by atoms with Crippen molar-refractivity contribution in [2.24, 2.45) is 0 Å². The minimum absolute atomic E-state index is 0.375. The second kappa shape index (κ2) is 6.31. The molecular weight excluding hydrogens is 262 g/mol. The lowest BCUT2D eigenvalue weighted by Gasteiger charge is -2.17. The van der Waals surface area contributed by atoms with Gasteiger partial charge in [0.15, 0.2) is 0 Å². The van der Waals surface area contributed by atoms with Gasteiger partial charge in [-0.1, -0.05) is 12.1 Å². The molecule has 1 unspecified atom stereocenters. The molecule has 3 rings (SSSR count). The lowest BCUT2D eigenvalue weighted by Crippen LogP contribution is -2.28. The zero-order valence-corrected chi connectivity index (χ0v) is 12.7. The molecule has 1 aliphatic rings. The molecule has 0 spiro atoms. The molecule has 1 aromatic carbocycles. The Morgan fingerprint density at radius 1 is 1.38 bits per heavy atom. The third-order valence-electron chi connectivity index (χ3n) is 3.78. The molecule has 0 aliphatic carbocycles. The molecule has 1 saturated heterocycles. The monoisotopic (exact) mass is 285 g/mol. The maximum absolute atomic E-state index is 6.01. The largest absolute Gasteiger partial charge is 0.476 e. The summed E-state index contributed by atoms with van der Waals surface area (Å²) in [6.45, 7) is 6.05. The smallest absolute Gasteiger partial charge is 0.223 e. The standard InChI is InChI=1S/C17H23N3O/c1-12(2)20-15-7-3-5-13-8-10-19-17(16(13)15)21-11-14-6-4-9-18-14/h3,5,7-8,10,12,14,18,20H,4,6,9,11H2,1-2H3. The van der Waals surface area contributed by atoms with Crippen LogP contribution in [0.4, 0.5) is 5.69 Å². The Hall–Kier alpha value is -1.81. The van der Waals surface area contributed by atoms with E-state index in [1.165, 1.54) is 12.8 Å². The fourth-order valence-electron chi connectivity index (χ4n) is 2.82. The first-order valence-corrected chi connectivity index (χ1v) is 7.74. The summed E-state index contributed by atoms with van der Waals surface area (Å²) in [5, 5.41) is 9.17. The van der Waals surface area contributed by atoms with Gasteiger partial charge >= 0.3 is 0 Å². The third kappa shape index (κ3) is 3.27. The second-order valence-electron chi connectivity index (χ2n) is 5.92. The average molecular weight is 285 g/mol. The molecule has 1 aliphatic heterocycles. The van der Waals surface area contributed by atoms with E-state index in [9.17, 15) is 0 Å². The van der Waals surface area contributed by atoms with Crippen LogP contribution in [0.3, 0.4) is 0 Å². The molecule has 112 valence electrons. The maximum Gasteiger partial charge on any atom is 0.223 e. The topological polar surface area (TPSA) is 46.2 Å². The van der Waals surface area contributed by atoms with Crippen molar-refractivity contribution < 1.29 is 4.74 Å². The van der Waals surface area contributed by atoms with Gasteiger partial charge in [-0.15, -0.1) is 0 Å². The molecule has 2 heterocycles. The van der Waals surface area contributed by atoms with Crippen molar-refractivity contribution in [1.82, 2.24) is 10.3 Å². The van der Waals surface area contributed by atoms with Crippen molar-refractivity contribution >= 4 is 16.5 Å². The SMILES string of the molecule is CC(C)Nc1cccc2ccnc(OCC3CCCN3)c12. The normalized spacial score (nSPS) is 18.3. The fraction of sp³-hybridized carbons (Fsp3) is 0.471. The van der Waals surface area contributed by atoms with E-state index in [0.29, 0.717) is 18.7 Å². The number of hydrogen-bond donors (Lipinski definition) is 2. The molecule has 2 N–H and O–H groups in total. The molecule has 4 heteroatoms. The number of hydrogen-bond acceptors (Lipinski definition) is 4. The minimum atomic E-state index is 0.375. The Morgan fingerprint density at radius 3 is 3.05 bits per heavy atom. The second-order valence-corrected chi connectivity index (χ2v) is 5.92. The van der Waals surface area contributed by atoms with Gasteiger partial charge < -0.3 is 15.4 Å². The molecule has 1 aromatic heterocycles. The number of fused-ring (bicyclic) bond motifs is 1. The quantitative estimate of drug-likeness (QED) is 0.885.